The topological polar surface area (TPSA) is 86.7 Å². The van der Waals surface area contributed by atoms with Gasteiger partial charge < -0.3 is 9.15 Å². The SMILES string of the molecule is CCCc1nc2ccc(Br)cc2c(=O)n1N=Cc1ccc(-c2ccc(C(=O)OCC)cc2)o1. The van der Waals surface area contributed by atoms with Crippen LogP contribution < -0.4 is 5.56 Å². The zero-order valence-electron chi connectivity index (χ0n) is 18.2. The van der Waals surface area contributed by atoms with Gasteiger partial charge >= 0.3 is 5.97 Å². The van der Waals surface area contributed by atoms with Crippen molar-refractivity contribution in [2.45, 2.75) is 26.7 Å². The lowest BCUT2D eigenvalue weighted by Gasteiger charge is -2.08. The van der Waals surface area contributed by atoms with E-state index < -0.39 is 0 Å². The van der Waals surface area contributed by atoms with Crippen molar-refractivity contribution >= 4 is 39.0 Å². The van der Waals surface area contributed by atoms with Gasteiger partial charge in [0, 0.05) is 16.5 Å². The molecule has 0 radical (unpaired) electrons. The third-order valence-electron chi connectivity index (χ3n) is 4.96. The van der Waals surface area contributed by atoms with Crippen molar-refractivity contribution in [1.82, 2.24) is 9.66 Å². The van der Waals surface area contributed by atoms with E-state index in [0.717, 1.165) is 16.5 Å². The van der Waals surface area contributed by atoms with Crippen LogP contribution in [-0.2, 0) is 11.2 Å². The van der Waals surface area contributed by atoms with Crippen LogP contribution in [-0.4, -0.2) is 28.5 Å². The highest BCUT2D eigenvalue weighted by Crippen LogP contribution is 2.22. The molecule has 2 aromatic carbocycles. The predicted octanol–water partition coefficient (Wildman–Crippen LogP) is 5.43. The molecule has 0 fully saturated rings. The minimum Gasteiger partial charge on any atom is -0.462 e. The van der Waals surface area contributed by atoms with Gasteiger partial charge in [-0.15, -0.1) is 0 Å². The molecule has 168 valence electrons. The van der Waals surface area contributed by atoms with Gasteiger partial charge in [0.15, 0.2) is 0 Å². The zero-order valence-corrected chi connectivity index (χ0v) is 19.8. The number of fused-ring (bicyclic) bond motifs is 1. The highest BCUT2D eigenvalue weighted by atomic mass is 79.9. The van der Waals surface area contributed by atoms with Crippen LogP contribution in [0.5, 0.6) is 0 Å². The van der Waals surface area contributed by atoms with Gasteiger partial charge in [-0.1, -0.05) is 35.0 Å². The van der Waals surface area contributed by atoms with Crippen molar-refractivity contribution in [1.29, 1.82) is 0 Å². The van der Waals surface area contributed by atoms with Gasteiger partial charge in [0.05, 0.1) is 29.3 Å². The summed E-state index contributed by atoms with van der Waals surface area (Å²) in [7, 11) is 0. The Hall–Kier alpha value is -3.52. The van der Waals surface area contributed by atoms with Gasteiger partial charge in [-0.05, 0) is 55.8 Å². The fourth-order valence-corrected chi connectivity index (χ4v) is 3.74. The van der Waals surface area contributed by atoms with Gasteiger partial charge in [0.25, 0.3) is 5.56 Å². The molecule has 0 saturated heterocycles. The average molecular weight is 508 g/mol. The molecule has 0 saturated carbocycles. The van der Waals surface area contributed by atoms with Gasteiger partial charge in [0.1, 0.15) is 17.3 Å². The number of aryl methyl sites for hydroxylation is 1. The first-order valence-corrected chi connectivity index (χ1v) is 11.4. The Morgan fingerprint density at radius 2 is 1.94 bits per heavy atom. The molecule has 2 aromatic heterocycles. The highest BCUT2D eigenvalue weighted by molar-refractivity contribution is 9.10. The third-order valence-corrected chi connectivity index (χ3v) is 5.45. The summed E-state index contributed by atoms with van der Waals surface area (Å²) in [6, 6.07) is 16.0. The lowest BCUT2D eigenvalue weighted by Crippen LogP contribution is -2.22. The largest absolute Gasteiger partial charge is 0.462 e. The molecule has 0 aliphatic heterocycles. The number of benzene rings is 2. The molecule has 0 unspecified atom stereocenters. The lowest BCUT2D eigenvalue weighted by atomic mass is 10.1. The van der Waals surface area contributed by atoms with Gasteiger partial charge in [0.2, 0.25) is 0 Å². The van der Waals surface area contributed by atoms with Gasteiger partial charge in [-0.25, -0.2) is 9.78 Å². The maximum Gasteiger partial charge on any atom is 0.338 e. The van der Waals surface area contributed by atoms with Crippen molar-refractivity contribution < 1.29 is 13.9 Å². The average Bonchev–Trinajstić information content (AvgIpc) is 3.29. The first-order chi connectivity index (χ1) is 16.0. The Labute approximate surface area is 198 Å². The molecule has 4 rings (SSSR count). The normalized spacial score (nSPS) is 11.4. The third kappa shape index (κ3) is 4.96. The second-order valence-corrected chi connectivity index (χ2v) is 8.22. The number of halogens is 1. The Kier molecular flexibility index (Phi) is 6.84. The van der Waals surface area contributed by atoms with Crippen LogP contribution >= 0.6 is 15.9 Å². The molecular formula is C25H22BrN3O4. The summed E-state index contributed by atoms with van der Waals surface area (Å²) < 4.78 is 13.0. The van der Waals surface area contributed by atoms with E-state index in [4.69, 9.17) is 9.15 Å². The van der Waals surface area contributed by atoms with Crippen LogP contribution in [0.2, 0.25) is 0 Å². The number of hydrogen-bond donors (Lipinski definition) is 0. The summed E-state index contributed by atoms with van der Waals surface area (Å²) in [6.07, 6.45) is 2.95. The maximum atomic E-state index is 13.1. The number of esters is 1. The van der Waals surface area contributed by atoms with Crippen LogP contribution in [0.3, 0.4) is 0 Å². The number of hydrogen-bond acceptors (Lipinski definition) is 6. The molecule has 0 N–H and O–H groups in total. The first kappa shape index (κ1) is 22.7. The lowest BCUT2D eigenvalue weighted by molar-refractivity contribution is 0.0526. The molecule has 0 spiro atoms. The molecule has 0 amide bonds. The second kappa shape index (κ2) is 9.95. The minimum atomic E-state index is -0.360. The molecule has 8 heteroatoms. The monoisotopic (exact) mass is 507 g/mol. The van der Waals surface area contributed by atoms with E-state index in [2.05, 4.69) is 26.0 Å². The molecular weight excluding hydrogens is 486 g/mol. The Morgan fingerprint density at radius 3 is 2.67 bits per heavy atom. The summed E-state index contributed by atoms with van der Waals surface area (Å²) in [5.74, 6) is 1.34. The minimum absolute atomic E-state index is 0.234. The fourth-order valence-electron chi connectivity index (χ4n) is 3.38. The van der Waals surface area contributed by atoms with Crippen LogP contribution in [0, 0.1) is 0 Å². The van der Waals surface area contributed by atoms with E-state index in [9.17, 15) is 9.59 Å². The summed E-state index contributed by atoms with van der Waals surface area (Å²) in [5.41, 5.74) is 1.70. The molecule has 2 heterocycles. The maximum absolute atomic E-state index is 13.1. The molecule has 7 nitrogen and oxygen atoms in total. The number of aromatic nitrogens is 2. The number of carbonyl (C=O) groups is 1. The number of ether oxygens (including phenoxy) is 1. The summed E-state index contributed by atoms with van der Waals surface area (Å²) in [4.78, 5) is 29.5. The molecule has 0 atom stereocenters. The summed E-state index contributed by atoms with van der Waals surface area (Å²) in [5, 5.41) is 4.87. The first-order valence-electron chi connectivity index (χ1n) is 10.6. The highest BCUT2D eigenvalue weighted by Gasteiger charge is 2.12. The van der Waals surface area contributed by atoms with Gasteiger partial charge in [-0.2, -0.15) is 9.78 Å². The van der Waals surface area contributed by atoms with Crippen LogP contribution in [0.25, 0.3) is 22.2 Å². The number of nitrogens with zero attached hydrogens (tertiary/aromatic N) is 3. The zero-order chi connectivity index (χ0) is 23.4. The quantitative estimate of drug-likeness (QED) is 0.246. The molecule has 0 bridgehead atoms. The molecule has 0 aliphatic carbocycles. The van der Waals surface area contributed by atoms with Crippen molar-refractivity contribution in [3.63, 3.8) is 0 Å². The van der Waals surface area contributed by atoms with E-state index in [1.807, 2.05) is 25.1 Å². The van der Waals surface area contributed by atoms with Crippen LogP contribution in [0.15, 0.2) is 73.4 Å². The second-order valence-electron chi connectivity index (χ2n) is 7.30. The predicted molar refractivity (Wildman–Crippen MR) is 131 cm³/mol. The number of rotatable bonds is 7. The Morgan fingerprint density at radius 1 is 1.15 bits per heavy atom. The fraction of sp³-hybridized carbons (Fsp3) is 0.200. The molecule has 0 aliphatic rings. The number of furan rings is 1. The smallest absolute Gasteiger partial charge is 0.338 e. The molecule has 33 heavy (non-hydrogen) atoms. The van der Waals surface area contributed by atoms with Crippen molar-refractivity contribution in [3.8, 4) is 11.3 Å². The summed E-state index contributed by atoms with van der Waals surface area (Å²) in [6.45, 7) is 4.12. The van der Waals surface area contributed by atoms with E-state index in [0.29, 0.717) is 46.8 Å². The van der Waals surface area contributed by atoms with E-state index in [-0.39, 0.29) is 11.5 Å². The van der Waals surface area contributed by atoms with Gasteiger partial charge in [-0.3, -0.25) is 4.79 Å². The van der Waals surface area contributed by atoms with Crippen LogP contribution in [0.1, 0.15) is 42.2 Å². The van der Waals surface area contributed by atoms with Crippen molar-refractivity contribution in [2.24, 2.45) is 5.10 Å². The van der Waals surface area contributed by atoms with E-state index in [1.54, 1.807) is 43.3 Å². The van der Waals surface area contributed by atoms with E-state index in [1.165, 1.54) is 10.9 Å². The number of carbonyl (C=O) groups excluding carboxylic acids is 1. The Balaban J connectivity index is 1.63. The standard InChI is InChI=1S/C25H22BrN3O4/c1-3-5-23-28-21-12-10-18(26)14-20(21)24(30)29(23)27-15-19-11-13-22(33-19)16-6-8-17(9-7-16)25(31)32-4-2/h6-15H,3-5H2,1-2H3. The van der Waals surface area contributed by atoms with E-state index >= 15 is 0 Å². The van der Waals surface area contributed by atoms with Crippen molar-refractivity contribution in [2.75, 3.05) is 6.61 Å². The Bertz CT molecular complexity index is 1390. The van der Waals surface area contributed by atoms with Crippen molar-refractivity contribution in [3.05, 3.63) is 86.6 Å². The summed E-state index contributed by atoms with van der Waals surface area (Å²) >= 11 is 3.41. The molecule has 4 aromatic rings. The van der Waals surface area contributed by atoms with Crippen LogP contribution in [0.4, 0.5) is 0 Å².